The van der Waals surface area contributed by atoms with Gasteiger partial charge in [0.15, 0.2) is 0 Å². The first-order chi connectivity index (χ1) is 10.7. The van der Waals surface area contributed by atoms with E-state index in [1.807, 2.05) is 24.1 Å². The van der Waals surface area contributed by atoms with Crippen LogP contribution in [0, 0.1) is 0 Å². The predicted molar refractivity (Wildman–Crippen MR) is 91.2 cm³/mol. The molecule has 1 aliphatic heterocycles. The molecule has 0 unspecified atom stereocenters. The van der Waals surface area contributed by atoms with Crippen LogP contribution in [0.5, 0.6) is 5.75 Å². The van der Waals surface area contributed by atoms with Crippen LogP contribution >= 0.6 is 0 Å². The SMILES string of the molecule is C=Cc1ccc(C(=O)N2CCC(NC)CC2)c(OC)c1C=C. The fraction of sp³-hybridized carbons (Fsp3) is 0.389. The first kappa shape index (κ1) is 16.3. The highest BCUT2D eigenvalue weighted by atomic mass is 16.5. The third kappa shape index (κ3) is 3.07. The molecule has 0 atom stereocenters. The lowest BCUT2D eigenvalue weighted by atomic mass is 9.99. The standard InChI is InChI=1S/C18H24N2O2/c1-5-13-7-8-16(17(22-4)15(13)6-2)18(21)20-11-9-14(19-3)10-12-20/h5-8,14,19H,1-2,9-12H2,3-4H3. The van der Waals surface area contributed by atoms with Crippen LogP contribution in [-0.2, 0) is 0 Å². The van der Waals surface area contributed by atoms with Gasteiger partial charge in [0, 0.05) is 24.7 Å². The third-order valence-corrected chi connectivity index (χ3v) is 4.28. The van der Waals surface area contributed by atoms with Crippen LogP contribution in [0.4, 0.5) is 0 Å². The molecule has 0 aromatic heterocycles. The van der Waals surface area contributed by atoms with Gasteiger partial charge in [-0.1, -0.05) is 31.4 Å². The molecule has 0 spiro atoms. The number of piperidine rings is 1. The highest BCUT2D eigenvalue weighted by Gasteiger charge is 2.25. The Balaban J connectivity index is 2.30. The number of carbonyl (C=O) groups excluding carboxylic acids is 1. The van der Waals surface area contributed by atoms with Crippen molar-refractivity contribution in [1.29, 1.82) is 0 Å². The molecule has 1 N–H and O–H groups in total. The van der Waals surface area contributed by atoms with Crippen molar-refractivity contribution in [2.45, 2.75) is 18.9 Å². The van der Waals surface area contributed by atoms with E-state index in [4.69, 9.17) is 4.74 Å². The highest BCUT2D eigenvalue weighted by molar-refractivity contribution is 5.99. The van der Waals surface area contributed by atoms with E-state index in [0.717, 1.165) is 37.1 Å². The first-order valence-electron chi connectivity index (χ1n) is 7.58. The van der Waals surface area contributed by atoms with E-state index < -0.39 is 0 Å². The summed E-state index contributed by atoms with van der Waals surface area (Å²) in [6, 6.07) is 4.20. The number of benzene rings is 1. The zero-order valence-corrected chi connectivity index (χ0v) is 13.4. The molecule has 1 amide bonds. The molecule has 1 aromatic rings. The zero-order valence-electron chi connectivity index (χ0n) is 13.4. The summed E-state index contributed by atoms with van der Waals surface area (Å²) in [4.78, 5) is 14.7. The van der Waals surface area contributed by atoms with Gasteiger partial charge < -0.3 is 15.0 Å². The quantitative estimate of drug-likeness (QED) is 0.909. The van der Waals surface area contributed by atoms with Crippen molar-refractivity contribution in [2.75, 3.05) is 27.2 Å². The van der Waals surface area contributed by atoms with Gasteiger partial charge >= 0.3 is 0 Å². The van der Waals surface area contributed by atoms with Gasteiger partial charge in [0.1, 0.15) is 5.75 Å². The van der Waals surface area contributed by atoms with Gasteiger partial charge in [-0.3, -0.25) is 4.79 Å². The maximum Gasteiger partial charge on any atom is 0.257 e. The smallest absolute Gasteiger partial charge is 0.257 e. The van der Waals surface area contributed by atoms with Crippen molar-refractivity contribution >= 4 is 18.1 Å². The van der Waals surface area contributed by atoms with E-state index in [9.17, 15) is 4.79 Å². The Bertz CT molecular complexity index is 573. The molecule has 4 heteroatoms. The number of hydrogen-bond donors (Lipinski definition) is 1. The predicted octanol–water partition coefficient (Wildman–Crippen LogP) is 2.81. The molecule has 0 aliphatic carbocycles. The number of nitrogens with zero attached hydrogens (tertiary/aromatic N) is 1. The second kappa shape index (κ2) is 7.27. The minimum absolute atomic E-state index is 0.0186. The van der Waals surface area contributed by atoms with Crippen molar-refractivity contribution < 1.29 is 9.53 Å². The van der Waals surface area contributed by atoms with Crippen molar-refractivity contribution in [1.82, 2.24) is 10.2 Å². The van der Waals surface area contributed by atoms with Crippen molar-refractivity contribution in [3.63, 3.8) is 0 Å². The van der Waals surface area contributed by atoms with Gasteiger partial charge in [0.2, 0.25) is 0 Å². The Kier molecular flexibility index (Phi) is 5.39. The van der Waals surface area contributed by atoms with E-state index in [1.165, 1.54) is 0 Å². The van der Waals surface area contributed by atoms with E-state index >= 15 is 0 Å². The molecule has 0 bridgehead atoms. The fourth-order valence-electron chi connectivity index (χ4n) is 2.93. The number of ether oxygens (including phenoxy) is 1. The van der Waals surface area contributed by atoms with Gasteiger partial charge in [-0.25, -0.2) is 0 Å². The van der Waals surface area contributed by atoms with E-state index in [-0.39, 0.29) is 5.91 Å². The summed E-state index contributed by atoms with van der Waals surface area (Å²) >= 11 is 0. The third-order valence-electron chi connectivity index (χ3n) is 4.28. The molecular weight excluding hydrogens is 276 g/mol. The number of amides is 1. The fourth-order valence-corrected chi connectivity index (χ4v) is 2.93. The molecule has 1 heterocycles. The molecule has 2 rings (SSSR count). The molecule has 1 fully saturated rings. The average molecular weight is 300 g/mol. The monoisotopic (exact) mass is 300 g/mol. The van der Waals surface area contributed by atoms with Crippen molar-refractivity contribution in [3.05, 3.63) is 42.0 Å². The number of carbonyl (C=O) groups is 1. The summed E-state index contributed by atoms with van der Waals surface area (Å²) < 4.78 is 5.49. The molecule has 118 valence electrons. The van der Waals surface area contributed by atoms with Crippen LogP contribution in [-0.4, -0.2) is 44.1 Å². The topological polar surface area (TPSA) is 41.6 Å². The van der Waals surface area contributed by atoms with Gasteiger partial charge in [-0.15, -0.1) is 0 Å². The minimum atomic E-state index is 0.0186. The second-order valence-corrected chi connectivity index (χ2v) is 5.41. The lowest BCUT2D eigenvalue weighted by Gasteiger charge is -2.32. The zero-order chi connectivity index (χ0) is 16.1. The van der Waals surface area contributed by atoms with Crippen molar-refractivity contribution in [3.8, 4) is 5.75 Å². The summed E-state index contributed by atoms with van der Waals surface area (Å²) in [6.45, 7) is 9.14. The number of likely N-dealkylation sites (tertiary alicyclic amines) is 1. The maximum absolute atomic E-state index is 12.8. The Morgan fingerprint density at radius 1 is 1.32 bits per heavy atom. The van der Waals surface area contributed by atoms with Crippen molar-refractivity contribution in [2.24, 2.45) is 0 Å². The minimum Gasteiger partial charge on any atom is -0.495 e. The van der Waals surface area contributed by atoms with Crippen LogP contribution in [0.3, 0.4) is 0 Å². The van der Waals surface area contributed by atoms with Crippen LogP contribution in [0.1, 0.15) is 34.3 Å². The Morgan fingerprint density at radius 2 is 2.00 bits per heavy atom. The molecule has 4 nitrogen and oxygen atoms in total. The Hall–Kier alpha value is -2.07. The summed E-state index contributed by atoms with van der Waals surface area (Å²) in [5.41, 5.74) is 2.32. The number of nitrogens with one attached hydrogen (secondary N) is 1. The van der Waals surface area contributed by atoms with E-state index in [2.05, 4.69) is 18.5 Å². The molecule has 1 aliphatic rings. The largest absolute Gasteiger partial charge is 0.495 e. The van der Waals surface area contributed by atoms with Crippen LogP contribution < -0.4 is 10.1 Å². The van der Waals surface area contributed by atoms with Crippen LogP contribution in [0.15, 0.2) is 25.3 Å². The normalized spacial score (nSPS) is 15.5. The Morgan fingerprint density at radius 3 is 2.50 bits per heavy atom. The van der Waals surface area contributed by atoms with Crippen LogP contribution in [0.25, 0.3) is 12.2 Å². The number of methoxy groups -OCH3 is 1. The molecule has 0 radical (unpaired) electrons. The average Bonchev–Trinajstić information content (AvgIpc) is 2.59. The van der Waals surface area contributed by atoms with Gasteiger partial charge in [0.25, 0.3) is 5.91 Å². The van der Waals surface area contributed by atoms with Gasteiger partial charge in [-0.2, -0.15) is 0 Å². The first-order valence-corrected chi connectivity index (χ1v) is 7.58. The second-order valence-electron chi connectivity index (χ2n) is 5.41. The molecule has 22 heavy (non-hydrogen) atoms. The summed E-state index contributed by atoms with van der Waals surface area (Å²) in [6.07, 6.45) is 5.40. The Labute approximate surface area is 132 Å². The van der Waals surface area contributed by atoms with E-state index in [0.29, 0.717) is 17.4 Å². The highest BCUT2D eigenvalue weighted by Crippen LogP contribution is 2.30. The number of hydrogen-bond acceptors (Lipinski definition) is 3. The molecule has 1 saturated heterocycles. The lowest BCUT2D eigenvalue weighted by Crippen LogP contribution is -2.44. The maximum atomic E-state index is 12.8. The molecule has 0 saturated carbocycles. The van der Waals surface area contributed by atoms with Crippen LogP contribution in [0.2, 0.25) is 0 Å². The van der Waals surface area contributed by atoms with Gasteiger partial charge in [0.05, 0.1) is 12.7 Å². The lowest BCUT2D eigenvalue weighted by molar-refractivity contribution is 0.0704. The summed E-state index contributed by atoms with van der Waals surface area (Å²) in [5, 5.41) is 3.27. The molecular formula is C18H24N2O2. The molecule has 1 aromatic carbocycles. The summed E-state index contributed by atoms with van der Waals surface area (Å²) in [7, 11) is 3.55. The van der Waals surface area contributed by atoms with E-state index in [1.54, 1.807) is 19.3 Å². The summed E-state index contributed by atoms with van der Waals surface area (Å²) in [5.74, 6) is 0.596. The van der Waals surface area contributed by atoms with Gasteiger partial charge in [-0.05, 0) is 31.5 Å². The number of rotatable bonds is 5.